The van der Waals surface area contributed by atoms with Crippen LogP contribution in [0.3, 0.4) is 0 Å². The number of aliphatic hydroxyl groups is 1. The van der Waals surface area contributed by atoms with E-state index in [0.717, 1.165) is 7.11 Å². The molecular formula is C26H31ClF3N5O6. The number of nitrogens with one attached hydrogen (secondary N) is 2. The molecule has 0 saturated heterocycles. The summed E-state index contributed by atoms with van der Waals surface area (Å²) in [4.78, 5) is 23.8. The number of rotatable bonds is 2. The lowest BCUT2D eigenvalue weighted by Crippen LogP contribution is -2.34. The summed E-state index contributed by atoms with van der Waals surface area (Å²) in [6.07, 6.45) is -4.50. The maximum absolute atomic E-state index is 12.9. The van der Waals surface area contributed by atoms with E-state index in [1.807, 2.05) is 0 Å². The fourth-order valence-corrected chi connectivity index (χ4v) is 3.29. The van der Waals surface area contributed by atoms with Gasteiger partial charge in [0.05, 0.1) is 38.5 Å². The Hall–Kier alpha value is -3.72. The van der Waals surface area contributed by atoms with Gasteiger partial charge in [0.1, 0.15) is 31.3 Å². The Morgan fingerprint density at radius 2 is 1.68 bits per heavy atom. The molecule has 0 atom stereocenters. The molecule has 2 heterocycles. The first-order chi connectivity index (χ1) is 19.7. The Kier molecular flexibility index (Phi) is 14.6. The number of guanidine groups is 2. The predicted molar refractivity (Wildman–Crippen MR) is 150 cm³/mol. The van der Waals surface area contributed by atoms with Crippen molar-refractivity contribution >= 4 is 41.2 Å². The minimum Gasteiger partial charge on any atom is -0.491 e. The van der Waals surface area contributed by atoms with Gasteiger partial charge in [0, 0.05) is 18.9 Å². The first-order valence-corrected chi connectivity index (χ1v) is 12.6. The number of fused-ring (bicyclic) bond motifs is 14. The lowest BCUT2D eigenvalue weighted by atomic mass is 10.2. The average Bonchev–Trinajstić information content (AvgIpc) is 2.95. The van der Waals surface area contributed by atoms with Crippen molar-refractivity contribution in [3.63, 3.8) is 0 Å². The average molecular weight is 602 g/mol. The number of nitrogens with zero attached hydrogens (tertiary/aromatic N) is 3. The molecule has 2 aliphatic heterocycles. The second kappa shape index (κ2) is 17.9. The van der Waals surface area contributed by atoms with E-state index in [2.05, 4.69) is 32.3 Å². The molecule has 0 aromatic heterocycles. The molecule has 15 heteroatoms. The van der Waals surface area contributed by atoms with Crippen LogP contribution in [-0.4, -0.2) is 88.5 Å². The van der Waals surface area contributed by atoms with E-state index in [4.69, 9.17) is 35.7 Å². The van der Waals surface area contributed by atoms with Crippen LogP contribution in [0.5, 0.6) is 11.5 Å². The normalized spacial score (nSPS) is 16.6. The van der Waals surface area contributed by atoms with Crippen molar-refractivity contribution in [2.75, 3.05) is 58.6 Å². The topological polar surface area (TPSA) is 135 Å². The maximum Gasteiger partial charge on any atom is 0.405 e. The van der Waals surface area contributed by atoms with E-state index >= 15 is 0 Å². The number of hydrogen-bond acceptors (Lipinski definition) is 11. The molecule has 0 fully saturated rings. The van der Waals surface area contributed by atoms with Crippen molar-refractivity contribution in [2.45, 2.75) is 12.7 Å². The summed E-state index contributed by atoms with van der Waals surface area (Å²) in [5.41, 5.74) is 1.18. The Morgan fingerprint density at radius 3 is 2.29 bits per heavy atom. The number of carbonyl (C=O) groups excluding carboxylic acids is 1. The summed E-state index contributed by atoms with van der Waals surface area (Å²) in [7, 11) is 1.00. The van der Waals surface area contributed by atoms with Crippen LogP contribution >= 0.6 is 11.6 Å². The van der Waals surface area contributed by atoms with Gasteiger partial charge in [-0.05, 0) is 48.1 Å². The molecule has 0 spiro atoms. The Balaban J connectivity index is 0.00000287. The Labute approximate surface area is 240 Å². The number of ether oxygens (including phenoxy) is 4. The molecule has 0 amide bonds. The highest BCUT2D eigenvalue weighted by Crippen LogP contribution is 2.25. The maximum atomic E-state index is 12.9. The summed E-state index contributed by atoms with van der Waals surface area (Å²) in [6, 6.07) is 11.3. The third-order valence-corrected chi connectivity index (χ3v) is 5.15. The molecule has 4 rings (SSSR count). The van der Waals surface area contributed by atoms with E-state index in [-0.39, 0.29) is 43.0 Å². The SMILES string of the molecule is C=N/C1=N\C(NCC(F)(F)F)=NCc2ccc(cc2)OCCOCCOCCOc2cc(ccc2C(=O)Cl)N1.CO. The number of anilines is 1. The van der Waals surface area contributed by atoms with Gasteiger partial charge in [-0.25, -0.2) is 9.98 Å². The summed E-state index contributed by atoms with van der Waals surface area (Å²) < 4.78 is 60.9. The molecule has 41 heavy (non-hydrogen) atoms. The van der Waals surface area contributed by atoms with Gasteiger partial charge in [-0.1, -0.05) is 12.1 Å². The highest BCUT2D eigenvalue weighted by molar-refractivity contribution is 6.68. The van der Waals surface area contributed by atoms with E-state index < -0.39 is 18.0 Å². The van der Waals surface area contributed by atoms with Gasteiger partial charge < -0.3 is 34.7 Å². The van der Waals surface area contributed by atoms with Gasteiger partial charge in [-0.3, -0.25) is 4.79 Å². The standard InChI is InChI=1S/C25H27ClF3N5O5.CH4O/c1-30-23-33-18-4-7-20(22(26)35)21(14-18)39-13-11-37-9-8-36-10-12-38-19-5-2-17(3-6-19)15-31-24(34-23)32-16-25(27,28)29;1-2/h2-7,14H,1,8-13,15-16H2,(H2,31,32,33,34);2H,1H3. The number of aliphatic hydroxyl groups excluding tert-OH is 1. The number of carbonyl (C=O) groups is 1. The van der Waals surface area contributed by atoms with E-state index in [0.29, 0.717) is 43.4 Å². The third-order valence-electron chi connectivity index (χ3n) is 4.95. The van der Waals surface area contributed by atoms with Gasteiger partial charge >= 0.3 is 6.18 Å². The lowest BCUT2D eigenvalue weighted by molar-refractivity contribution is -0.122. The molecule has 2 aromatic rings. The summed E-state index contributed by atoms with van der Waals surface area (Å²) >= 11 is 5.67. The van der Waals surface area contributed by atoms with Crippen LogP contribution in [0, 0.1) is 0 Å². The minimum absolute atomic E-state index is 0.0298. The van der Waals surface area contributed by atoms with Crippen molar-refractivity contribution in [1.29, 1.82) is 0 Å². The number of alkyl halides is 3. The van der Waals surface area contributed by atoms with Gasteiger partial charge in [-0.2, -0.15) is 18.2 Å². The molecular weight excluding hydrogens is 571 g/mol. The highest BCUT2D eigenvalue weighted by atomic mass is 35.5. The fraction of sp³-hybridized carbons (Fsp3) is 0.385. The van der Waals surface area contributed by atoms with Crippen LogP contribution in [0.15, 0.2) is 57.4 Å². The molecule has 0 aliphatic carbocycles. The zero-order valence-electron chi connectivity index (χ0n) is 22.2. The number of halogens is 4. The van der Waals surface area contributed by atoms with Gasteiger partial charge in [0.15, 0.2) is 0 Å². The Bertz CT molecular complexity index is 1180. The van der Waals surface area contributed by atoms with Crippen LogP contribution in [0.2, 0.25) is 0 Å². The van der Waals surface area contributed by atoms with E-state index in [9.17, 15) is 18.0 Å². The molecule has 2 aliphatic rings. The van der Waals surface area contributed by atoms with Crippen LogP contribution in [0.25, 0.3) is 0 Å². The molecule has 0 unspecified atom stereocenters. The molecule has 224 valence electrons. The monoisotopic (exact) mass is 601 g/mol. The first-order valence-electron chi connectivity index (χ1n) is 12.2. The summed E-state index contributed by atoms with van der Waals surface area (Å²) in [6.45, 7) is 3.76. The fourth-order valence-electron chi connectivity index (χ4n) is 3.13. The van der Waals surface area contributed by atoms with Crippen molar-refractivity contribution in [3.05, 3.63) is 53.6 Å². The minimum atomic E-state index is -4.50. The first kappa shape index (κ1) is 33.5. The molecule has 4 bridgehead atoms. The molecule has 11 nitrogen and oxygen atoms in total. The van der Waals surface area contributed by atoms with Gasteiger partial charge in [0.2, 0.25) is 11.9 Å². The van der Waals surface area contributed by atoms with Gasteiger partial charge in [-0.15, -0.1) is 0 Å². The summed E-state index contributed by atoms with van der Waals surface area (Å²) in [5, 5.41) is 11.3. The molecule has 0 saturated carbocycles. The molecule has 2 aromatic carbocycles. The zero-order chi connectivity index (χ0) is 30.1. The molecule has 0 radical (unpaired) electrons. The largest absolute Gasteiger partial charge is 0.491 e. The second-order valence-electron chi connectivity index (χ2n) is 7.88. The van der Waals surface area contributed by atoms with E-state index in [1.54, 1.807) is 24.3 Å². The quantitative estimate of drug-likeness (QED) is 0.270. The number of aliphatic imine (C=N–C) groups is 3. The van der Waals surface area contributed by atoms with Crippen molar-refractivity contribution in [1.82, 2.24) is 5.32 Å². The van der Waals surface area contributed by atoms with Crippen molar-refractivity contribution in [2.24, 2.45) is 15.0 Å². The highest BCUT2D eigenvalue weighted by Gasteiger charge is 2.27. The van der Waals surface area contributed by atoms with Crippen molar-refractivity contribution < 1.29 is 42.0 Å². The van der Waals surface area contributed by atoms with Crippen LogP contribution in [-0.2, 0) is 16.0 Å². The van der Waals surface area contributed by atoms with Crippen LogP contribution < -0.4 is 20.1 Å². The number of benzene rings is 2. The van der Waals surface area contributed by atoms with Gasteiger partial charge in [0.25, 0.3) is 5.24 Å². The second-order valence-corrected chi connectivity index (χ2v) is 8.22. The van der Waals surface area contributed by atoms with Crippen LogP contribution in [0.4, 0.5) is 18.9 Å². The Morgan fingerprint density at radius 1 is 1.05 bits per heavy atom. The van der Waals surface area contributed by atoms with Crippen LogP contribution in [0.1, 0.15) is 15.9 Å². The smallest absolute Gasteiger partial charge is 0.405 e. The van der Waals surface area contributed by atoms with E-state index in [1.165, 1.54) is 18.2 Å². The summed E-state index contributed by atoms with van der Waals surface area (Å²) in [5.74, 6) is 0.292. The molecule has 3 N–H and O–H groups in total. The zero-order valence-corrected chi connectivity index (χ0v) is 23.0. The third kappa shape index (κ3) is 13.0. The number of hydrogen-bond donors (Lipinski definition) is 3. The van der Waals surface area contributed by atoms with Crippen molar-refractivity contribution in [3.8, 4) is 11.5 Å². The predicted octanol–water partition coefficient (Wildman–Crippen LogP) is 3.66. The lowest BCUT2D eigenvalue weighted by Gasteiger charge is -2.13.